The van der Waals surface area contributed by atoms with E-state index in [-0.39, 0.29) is 5.78 Å². The summed E-state index contributed by atoms with van der Waals surface area (Å²) in [5.41, 5.74) is 3.49. The largest absolute Gasteiger partial charge is 0.361 e. The van der Waals surface area contributed by atoms with Crippen LogP contribution in [0.3, 0.4) is 0 Å². The van der Waals surface area contributed by atoms with Crippen molar-refractivity contribution in [3.05, 3.63) is 34.4 Å². The summed E-state index contributed by atoms with van der Waals surface area (Å²) in [6, 6.07) is 3.58. The number of ether oxygens (including phenoxy) is 1. The summed E-state index contributed by atoms with van der Waals surface area (Å²) in [6.07, 6.45) is 0.318. The van der Waals surface area contributed by atoms with Gasteiger partial charge in [-0.25, -0.2) is 0 Å². The molecule has 0 bridgehead atoms. The summed E-state index contributed by atoms with van der Waals surface area (Å²) in [5, 5.41) is 0.310. The van der Waals surface area contributed by atoms with Crippen molar-refractivity contribution < 1.29 is 14.3 Å². The topological polar surface area (TPSA) is 43.4 Å². The van der Waals surface area contributed by atoms with Crippen molar-refractivity contribution in [3.8, 4) is 0 Å². The van der Waals surface area contributed by atoms with Crippen molar-refractivity contribution in [2.24, 2.45) is 0 Å². The van der Waals surface area contributed by atoms with Gasteiger partial charge >= 0.3 is 0 Å². The number of carbonyl (C=O) groups excluding carboxylic acids is 2. The fraction of sp³-hybridized carbons (Fsp3) is 0.333. The fourth-order valence-corrected chi connectivity index (χ4v) is 2.29. The van der Waals surface area contributed by atoms with E-state index in [0.717, 1.165) is 23.0 Å². The molecule has 0 radical (unpaired) electrons. The van der Waals surface area contributed by atoms with Gasteiger partial charge in [0.2, 0.25) is 0 Å². The predicted octanol–water partition coefficient (Wildman–Crippen LogP) is 2.34. The molecular weight excluding hydrogens is 272 g/mol. The molecule has 1 heterocycles. The van der Waals surface area contributed by atoms with Crippen molar-refractivity contribution in [1.82, 2.24) is 0 Å². The number of halogens is 1. The average molecular weight is 283 g/mol. The zero-order valence-electron chi connectivity index (χ0n) is 8.83. The van der Waals surface area contributed by atoms with E-state index in [1.165, 1.54) is 0 Å². The molecule has 1 aliphatic heterocycles. The van der Waals surface area contributed by atoms with Gasteiger partial charge in [0.1, 0.15) is 6.10 Å². The van der Waals surface area contributed by atoms with Crippen molar-refractivity contribution in [2.75, 3.05) is 5.33 Å². The zero-order chi connectivity index (χ0) is 11.7. The summed E-state index contributed by atoms with van der Waals surface area (Å²) in [7, 11) is 0. The Hall–Kier alpha value is -1.00. The number of carbonyl (C=O) groups is 2. The number of Topliss-reactive ketones (excluding diaryl/α,β-unsaturated/α-hetero) is 1. The lowest BCUT2D eigenvalue weighted by Crippen LogP contribution is -2.05. The number of rotatable bonds is 3. The highest BCUT2D eigenvalue weighted by molar-refractivity contribution is 9.09. The van der Waals surface area contributed by atoms with E-state index in [9.17, 15) is 9.59 Å². The van der Waals surface area contributed by atoms with Crippen molar-refractivity contribution in [2.45, 2.75) is 19.6 Å². The van der Waals surface area contributed by atoms with Gasteiger partial charge in [-0.2, -0.15) is 0 Å². The Balaban J connectivity index is 2.50. The second kappa shape index (κ2) is 4.47. The first-order chi connectivity index (χ1) is 7.69. The molecule has 1 aliphatic rings. The molecule has 1 aromatic carbocycles. The maximum atomic E-state index is 11.6. The standard InChI is InChI=1S/C12H11BrO3/c1-7-8(11(15)4-13)2-3-9-10(7)6-16-12(9)5-14/h2-3,5,12H,4,6H2,1H3. The Kier molecular flexibility index (Phi) is 3.21. The summed E-state index contributed by atoms with van der Waals surface area (Å²) < 4.78 is 5.33. The van der Waals surface area contributed by atoms with Gasteiger partial charge in [0, 0.05) is 5.56 Å². The first kappa shape index (κ1) is 11.5. The fourth-order valence-electron chi connectivity index (χ4n) is 1.99. The lowest BCUT2D eigenvalue weighted by atomic mass is 9.95. The minimum atomic E-state index is -0.471. The molecule has 0 saturated carbocycles. The summed E-state index contributed by atoms with van der Waals surface area (Å²) >= 11 is 3.15. The van der Waals surface area contributed by atoms with Crippen LogP contribution in [0.4, 0.5) is 0 Å². The van der Waals surface area contributed by atoms with E-state index in [0.29, 0.717) is 17.5 Å². The monoisotopic (exact) mass is 282 g/mol. The van der Waals surface area contributed by atoms with Crippen LogP contribution in [0.5, 0.6) is 0 Å². The van der Waals surface area contributed by atoms with E-state index in [2.05, 4.69) is 15.9 Å². The average Bonchev–Trinajstić information content (AvgIpc) is 2.72. The molecule has 0 saturated heterocycles. The molecule has 3 nitrogen and oxygen atoms in total. The van der Waals surface area contributed by atoms with E-state index < -0.39 is 6.10 Å². The first-order valence-electron chi connectivity index (χ1n) is 4.97. The third kappa shape index (κ3) is 1.72. The van der Waals surface area contributed by atoms with Crippen LogP contribution in [0.15, 0.2) is 12.1 Å². The molecule has 1 unspecified atom stereocenters. The number of hydrogen-bond donors (Lipinski definition) is 0. The molecule has 0 aromatic heterocycles. The zero-order valence-corrected chi connectivity index (χ0v) is 10.4. The van der Waals surface area contributed by atoms with Crippen molar-refractivity contribution in [3.63, 3.8) is 0 Å². The van der Waals surface area contributed by atoms with Crippen molar-refractivity contribution >= 4 is 28.0 Å². The molecule has 0 N–H and O–H groups in total. The van der Waals surface area contributed by atoms with Gasteiger partial charge in [-0.05, 0) is 23.6 Å². The van der Waals surface area contributed by atoms with Gasteiger partial charge < -0.3 is 9.53 Å². The van der Waals surface area contributed by atoms with Crippen molar-refractivity contribution in [1.29, 1.82) is 0 Å². The predicted molar refractivity (Wildman–Crippen MR) is 62.9 cm³/mol. The molecule has 0 aliphatic carbocycles. The highest BCUT2D eigenvalue weighted by Gasteiger charge is 2.26. The van der Waals surface area contributed by atoms with Crippen LogP contribution in [0, 0.1) is 6.92 Å². The second-order valence-electron chi connectivity index (χ2n) is 3.73. The number of aldehydes is 1. The maximum Gasteiger partial charge on any atom is 0.173 e. The Morgan fingerprint density at radius 1 is 1.62 bits per heavy atom. The molecule has 84 valence electrons. The summed E-state index contributed by atoms with van der Waals surface area (Å²) in [5.74, 6) is 0.0508. The molecule has 16 heavy (non-hydrogen) atoms. The maximum absolute atomic E-state index is 11.6. The Morgan fingerprint density at radius 3 is 3.00 bits per heavy atom. The van der Waals surface area contributed by atoms with Crippen LogP contribution in [0.1, 0.15) is 33.2 Å². The van der Waals surface area contributed by atoms with Gasteiger partial charge in [0.25, 0.3) is 0 Å². The first-order valence-corrected chi connectivity index (χ1v) is 6.09. The SMILES string of the molecule is Cc1c(C(=O)CBr)ccc2c1COC2C=O. The van der Waals surface area contributed by atoms with Gasteiger partial charge in [-0.1, -0.05) is 28.1 Å². The lowest BCUT2D eigenvalue weighted by Gasteiger charge is -2.08. The quantitative estimate of drug-likeness (QED) is 0.486. The van der Waals surface area contributed by atoms with E-state index >= 15 is 0 Å². The Bertz CT molecular complexity index is 454. The molecule has 0 amide bonds. The lowest BCUT2D eigenvalue weighted by molar-refractivity contribution is -0.117. The second-order valence-corrected chi connectivity index (χ2v) is 4.29. The van der Waals surface area contributed by atoms with Crippen LogP contribution in [-0.4, -0.2) is 17.4 Å². The number of benzene rings is 1. The normalized spacial score (nSPS) is 18.2. The van der Waals surface area contributed by atoms with Crippen LogP contribution in [0.2, 0.25) is 0 Å². The smallest absolute Gasteiger partial charge is 0.173 e. The summed E-state index contributed by atoms with van der Waals surface area (Å²) in [4.78, 5) is 22.4. The van der Waals surface area contributed by atoms with Crippen LogP contribution < -0.4 is 0 Å². The number of hydrogen-bond acceptors (Lipinski definition) is 3. The van der Waals surface area contributed by atoms with E-state index in [1.807, 2.05) is 13.0 Å². The van der Waals surface area contributed by atoms with Crippen LogP contribution in [-0.2, 0) is 16.1 Å². The number of fused-ring (bicyclic) bond motifs is 1. The van der Waals surface area contributed by atoms with Crippen LogP contribution in [0.25, 0.3) is 0 Å². The third-order valence-electron chi connectivity index (χ3n) is 2.89. The molecule has 1 atom stereocenters. The van der Waals surface area contributed by atoms with E-state index in [1.54, 1.807) is 6.07 Å². The van der Waals surface area contributed by atoms with Gasteiger partial charge in [0.15, 0.2) is 12.1 Å². The van der Waals surface area contributed by atoms with Gasteiger partial charge in [-0.15, -0.1) is 0 Å². The van der Waals surface area contributed by atoms with E-state index in [4.69, 9.17) is 4.74 Å². The van der Waals surface area contributed by atoms with Gasteiger partial charge in [0.05, 0.1) is 11.9 Å². The highest BCUT2D eigenvalue weighted by Crippen LogP contribution is 2.33. The Labute approximate surface area is 102 Å². The number of alkyl halides is 1. The molecule has 0 fully saturated rings. The molecule has 2 rings (SSSR count). The molecule has 4 heteroatoms. The molecule has 0 spiro atoms. The van der Waals surface area contributed by atoms with Crippen LogP contribution >= 0.6 is 15.9 Å². The van der Waals surface area contributed by atoms with Gasteiger partial charge in [-0.3, -0.25) is 4.79 Å². The number of ketones is 1. The summed E-state index contributed by atoms with van der Waals surface area (Å²) in [6.45, 7) is 2.30. The molecule has 1 aromatic rings. The Morgan fingerprint density at radius 2 is 2.38 bits per heavy atom. The third-order valence-corrected chi connectivity index (χ3v) is 3.40. The minimum absolute atomic E-state index is 0.0508. The molecular formula is C12H11BrO3. The minimum Gasteiger partial charge on any atom is -0.361 e. The highest BCUT2D eigenvalue weighted by atomic mass is 79.9.